The molecule has 0 amide bonds. The summed E-state index contributed by atoms with van der Waals surface area (Å²) in [5.41, 5.74) is 7.84. The molecule has 2 heterocycles. The maximum absolute atomic E-state index is 5.95. The molecular weight excluding hydrogens is 278 g/mol. The van der Waals surface area contributed by atoms with Crippen LogP contribution >= 0.6 is 12.2 Å². The van der Waals surface area contributed by atoms with Gasteiger partial charge in [-0.2, -0.15) is 0 Å². The lowest BCUT2D eigenvalue weighted by Crippen LogP contribution is -2.41. The predicted molar refractivity (Wildman–Crippen MR) is 92.8 cm³/mol. The van der Waals surface area contributed by atoms with Crippen molar-refractivity contribution in [3.63, 3.8) is 0 Å². The van der Waals surface area contributed by atoms with Gasteiger partial charge in [0.1, 0.15) is 10.8 Å². The molecule has 1 aromatic heterocycles. The zero-order chi connectivity index (χ0) is 15.0. The van der Waals surface area contributed by atoms with Crippen LogP contribution in [0.1, 0.15) is 32.3 Å². The molecule has 0 aliphatic carbocycles. The Morgan fingerprint density at radius 3 is 2.81 bits per heavy atom. The van der Waals surface area contributed by atoms with Gasteiger partial charge in [0, 0.05) is 18.0 Å². The summed E-state index contributed by atoms with van der Waals surface area (Å²) in [7, 11) is 0. The van der Waals surface area contributed by atoms with Crippen LogP contribution in [0.4, 0.5) is 5.82 Å². The number of para-hydroxylation sites is 1. The lowest BCUT2D eigenvalue weighted by atomic mass is 9.93. The first-order valence-electron chi connectivity index (χ1n) is 7.52. The van der Waals surface area contributed by atoms with Crippen LogP contribution in [0.15, 0.2) is 30.3 Å². The van der Waals surface area contributed by atoms with Crippen molar-refractivity contribution in [2.45, 2.75) is 32.7 Å². The number of pyridine rings is 1. The van der Waals surface area contributed by atoms with E-state index in [1.54, 1.807) is 0 Å². The predicted octanol–water partition coefficient (Wildman–Crippen LogP) is 3.49. The van der Waals surface area contributed by atoms with Gasteiger partial charge in [-0.15, -0.1) is 0 Å². The van der Waals surface area contributed by atoms with Crippen molar-refractivity contribution in [1.29, 1.82) is 0 Å². The Hall–Kier alpha value is -1.68. The van der Waals surface area contributed by atoms with E-state index in [0.717, 1.165) is 34.7 Å². The maximum atomic E-state index is 5.95. The summed E-state index contributed by atoms with van der Waals surface area (Å²) in [5, 5.41) is 1.09. The number of piperidine rings is 1. The monoisotopic (exact) mass is 299 g/mol. The number of fused-ring (bicyclic) bond motifs is 1. The van der Waals surface area contributed by atoms with E-state index in [2.05, 4.69) is 30.9 Å². The number of aromatic nitrogens is 1. The fourth-order valence-electron chi connectivity index (χ4n) is 3.23. The molecular formula is C17H21N3S. The molecule has 1 saturated heterocycles. The highest BCUT2D eigenvalue weighted by Crippen LogP contribution is 2.30. The van der Waals surface area contributed by atoms with Crippen LogP contribution in [0.25, 0.3) is 10.9 Å². The summed E-state index contributed by atoms with van der Waals surface area (Å²) in [6.45, 7) is 5.59. The molecule has 0 bridgehead atoms. The number of rotatable bonds is 2. The van der Waals surface area contributed by atoms with Gasteiger partial charge in [-0.3, -0.25) is 0 Å². The summed E-state index contributed by atoms with van der Waals surface area (Å²) < 4.78 is 0. The van der Waals surface area contributed by atoms with E-state index in [-0.39, 0.29) is 0 Å². The van der Waals surface area contributed by atoms with E-state index in [4.69, 9.17) is 22.9 Å². The van der Waals surface area contributed by atoms with E-state index in [1.807, 2.05) is 18.2 Å². The Bertz CT molecular complexity index is 683. The zero-order valence-corrected chi connectivity index (χ0v) is 13.4. The highest BCUT2D eigenvalue weighted by molar-refractivity contribution is 7.80. The maximum Gasteiger partial charge on any atom is 0.139 e. The first kappa shape index (κ1) is 14.3. The van der Waals surface area contributed by atoms with E-state index in [1.165, 1.54) is 12.8 Å². The molecule has 3 nitrogen and oxygen atoms in total. The van der Waals surface area contributed by atoms with E-state index in [9.17, 15) is 0 Å². The Labute approximate surface area is 131 Å². The molecule has 0 spiro atoms. The van der Waals surface area contributed by atoms with Crippen LogP contribution in [0.3, 0.4) is 0 Å². The first-order chi connectivity index (χ1) is 10.1. The van der Waals surface area contributed by atoms with Crippen molar-refractivity contribution in [3.8, 4) is 0 Å². The summed E-state index contributed by atoms with van der Waals surface area (Å²) in [4.78, 5) is 7.64. The Morgan fingerprint density at radius 1 is 1.33 bits per heavy atom. The fraction of sp³-hybridized carbons (Fsp3) is 0.412. The quantitative estimate of drug-likeness (QED) is 0.862. The molecule has 2 N–H and O–H groups in total. The van der Waals surface area contributed by atoms with Crippen LogP contribution in [-0.4, -0.2) is 22.6 Å². The van der Waals surface area contributed by atoms with E-state index in [0.29, 0.717) is 11.0 Å². The Morgan fingerprint density at radius 2 is 2.10 bits per heavy atom. The summed E-state index contributed by atoms with van der Waals surface area (Å²) >= 11 is 5.25. The number of nitrogens with two attached hydrogens (primary N) is 1. The average Bonchev–Trinajstić information content (AvgIpc) is 2.46. The minimum atomic E-state index is 0.425. The molecule has 0 saturated carbocycles. The average molecular weight is 299 g/mol. The van der Waals surface area contributed by atoms with E-state index >= 15 is 0 Å². The number of benzene rings is 1. The van der Waals surface area contributed by atoms with Gasteiger partial charge >= 0.3 is 0 Å². The second-order valence-electron chi connectivity index (χ2n) is 6.09. The van der Waals surface area contributed by atoms with Gasteiger partial charge in [-0.05, 0) is 37.8 Å². The molecule has 1 aromatic carbocycles. The van der Waals surface area contributed by atoms with Gasteiger partial charge in [0.05, 0.1) is 11.1 Å². The molecule has 2 atom stereocenters. The molecule has 1 aliphatic rings. The van der Waals surface area contributed by atoms with Gasteiger partial charge in [-0.1, -0.05) is 37.3 Å². The van der Waals surface area contributed by atoms with Crippen LogP contribution in [0.5, 0.6) is 0 Å². The van der Waals surface area contributed by atoms with Gasteiger partial charge in [0.25, 0.3) is 0 Å². The summed E-state index contributed by atoms with van der Waals surface area (Å²) in [6.07, 6.45) is 2.38. The molecule has 4 heteroatoms. The van der Waals surface area contributed by atoms with Crippen molar-refractivity contribution < 1.29 is 0 Å². The van der Waals surface area contributed by atoms with Crippen LogP contribution in [0.2, 0.25) is 0 Å². The fourth-order valence-corrected chi connectivity index (χ4v) is 3.38. The van der Waals surface area contributed by atoms with E-state index < -0.39 is 0 Å². The number of hydrogen-bond donors (Lipinski definition) is 1. The SMILES string of the molecule is CC1CCN(c2nc3ccccc3cc2C(N)=S)C(C)C1. The number of hydrogen-bond acceptors (Lipinski definition) is 3. The molecule has 110 valence electrons. The topological polar surface area (TPSA) is 42.2 Å². The van der Waals surface area contributed by atoms with Crippen LogP contribution in [0, 0.1) is 5.92 Å². The largest absolute Gasteiger partial charge is 0.389 e. The van der Waals surface area contributed by atoms with Gasteiger partial charge in [0.2, 0.25) is 0 Å². The van der Waals surface area contributed by atoms with Crippen molar-refractivity contribution in [1.82, 2.24) is 4.98 Å². The third-order valence-electron chi connectivity index (χ3n) is 4.38. The minimum absolute atomic E-state index is 0.425. The first-order valence-corrected chi connectivity index (χ1v) is 7.93. The molecule has 3 rings (SSSR count). The number of anilines is 1. The molecule has 2 aromatic rings. The van der Waals surface area contributed by atoms with Crippen LogP contribution < -0.4 is 10.6 Å². The van der Waals surface area contributed by atoms with Crippen LogP contribution in [-0.2, 0) is 0 Å². The standard InChI is InChI=1S/C17H21N3S/c1-11-7-8-20(12(2)9-11)17-14(16(18)21)10-13-5-3-4-6-15(13)19-17/h3-6,10-12H,7-9H2,1-2H3,(H2,18,21). The zero-order valence-electron chi connectivity index (χ0n) is 12.5. The third-order valence-corrected chi connectivity index (χ3v) is 4.60. The summed E-state index contributed by atoms with van der Waals surface area (Å²) in [5.74, 6) is 1.71. The molecule has 1 aliphatic heterocycles. The Kier molecular flexibility index (Phi) is 3.81. The normalized spacial score (nSPS) is 22.5. The lowest BCUT2D eigenvalue weighted by Gasteiger charge is -2.38. The number of thiocarbonyl (C=S) groups is 1. The Balaban J connectivity index is 2.11. The summed E-state index contributed by atoms with van der Waals surface area (Å²) in [6, 6.07) is 10.7. The third kappa shape index (κ3) is 2.72. The van der Waals surface area contributed by atoms with Crippen molar-refractivity contribution in [3.05, 3.63) is 35.9 Å². The van der Waals surface area contributed by atoms with Crippen molar-refractivity contribution >= 4 is 33.9 Å². The smallest absolute Gasteiger partial charge is 0.139 e. The van der Waals surface area contributed by atoms with Gasteiger partial charge in [-0.25, -0.2) is 4.98 Å². The number of nitrogens with zero attached hydrogens (tertiary/aromatic N) is 2. The second-order valence-corrected chi connectivity index (χ2v) is 6.53. The second kappa shape index (κ2) is 5.60. The highest BCUT2D eigenvalue weighted by atomic mass is 32.1. The molecule has 2 unspecified atom stereocenters. The minimum Gasteiger partial charge on any atom is -0.389 e. The molecule has 21 heavy (non-hydrogen) atoms. The van der Waals surface area contributed by atoms with Crippen molar-refractivity contribution in [2.24, 2.45) is 11.7 Å². The molecule has 0 radical (unpaired) electrons. The van der Waals surface area contributed by atoms with Gasteiger partial charge < -0.3 is 10.6 Å². The molecule has 1 fully saturated rings. The van der Waals surface area contributed by atoms with Crippen molar-refractivity contribution in [2.75, 3.05) is 11.4 Å². The highest BCUT2D eigenvalue weighted by Gasteiger charge is 2.26. The van der Waals surface area contributed by atoms with Gasteiger partial charge in [0.15, 0.2) is 0 Å². The lowest BCUT2D eigenvalue weighted by molar-refractivity contribution is 0.376.